The summed E-state index contributed by atoms with van der Waals surface area (Å²) in [5.74, 6) is -1.36. The van der Waals surface area contributed by atoms with E-state index in [4.69, 9.17) is 11.1 Å². The topological polar surface area (TPSA) is 49.9 Å². The summed E-state index contributed by atoms with van der Waals surface area (Å²) in [6, 6.07) is 8.55. The van der Waals surface area contributed by atoms with Crippen LogP contribution in [0.3, 0.4) is 0 Å². The van der Waals surface area contributed by atoms with E-state index in [0.29, 0.717) is 10.5 Å². The quantitative estimate of drug-likeness (QED) is 0.649. The van der Waals surface area contributed by atoms with E-state index >= 15 is 0 Å². The Morgan fingerprint density at radius 3 is 2.47 bits per heavy atom. The van der Waals surface area contributed by atoms with E-state index in [1.165, 1.54) is 12.1 Å². The third-order valence-corrected chi connectivity index (χ3v) is 3.95. The van der Waals surface area contributed by atoms with Gasteiger partial charge >= 0.3 is 0 Å². The number of rotatable bonds is 3. The number of nitrogens with two attached hydrogens (primary N) is 1. The van der Waals surface area contributed by atoms with Crippen molar-refractivity contribution >= 4 is 33.5 Å². The van der Waals surface area contributed by atoms with Crippen LogP contribution in [0, 0.1) is 17.0 Å². The molecule has 3 N–H and O–H groups in total. The highest BCUT2D eigenvalue weighted by Gasteiger charge is 2.11. The average molecular weight is 343 g/mol. The zero-order valence-electron chi connectivity index (χ0n) is 9.58. The molecule has 0 aliphatic heterocycles. The number of benzene rings is 2. The van der Waals surface area contributed by atoms with E-state index < -0.39 is 11.6 Å². The van der Waals surface area contributed by atoms with E-state index in [2.05, 4.69) is 15.9 Å². The Morgan fingerprint density at radius 2 is 1.84 bits per heavy atom. The van der Waals surface area contributed by atoms with Crippen molar-refractivity contribution in [1.82, 2.24) is 0 Å². The van der Waals surface area contributed by atoms with E-state index in [1.807, 2.05) is 0 Å². The Kier molecular flexibility index (Phi) is 4.21. The van der Waals surface area contributed by atoms with Crippen LogP contribution in [0.1, 0.15) is 5.56 Å². The summed E-state index contributed by atoms with van der Waals surface area (Å²) in [7, 11) is 0. The molecule has 0 atom stereocenters. The fraction of sp³-hybridized carbons (Fsp3) is 0. The van der Waals surface area contributed by atoms with Crippen LogP contribution in [0.2, 0.25) is 0 Å². The second-order valence-electron chi connectivity index (χ2n) is 3.73. The SMILES string of the molecule is N=C(N)c1ccc(Br)cc1Sc1ccc(F)cc1F. The average Bonchev–Trinajstić information content (AvgIpc) is 2.32. The minimum Gasteiger partial charge on any atom is -0.384 e. The maximum atomic E-state index is 13.6. The molecule has 0 aliphatic rings. The molecule has 2 rings (SSSR count). The first-order chi connectivity index (χ1) is 8.97. The van der Waals surface area contributed by atoms with Crippen LogP contribution in [0.5, 0.6) is 0 Å². The highest BCUT2D eigenvalue weighted by atomic mass is 79.9. The second kappa shape index (κ2) is 5.71. The van der Waals surface area contributed by atoms with Gasteiger partial charge in [0.05, 0.1) is 0 Å². The standard InChI is InChI=1S/C13H9BrF2N2S/c14-7-1-3-9(13(17)18)12(5-7)19-11-4-2-8(15)6-10(11)16/h1-6H,(H3,17,18). The van der Waals surface area contributed by atoms with E-state index in [9.17, 15) is 8.78 Å². The molecule has 0 saturated carbocycles. The zero-order valence-corrected chi connectivity index (χ0v) is 12.0. The number of hydrogen-bond donors (Lipinski definition) is 2. The summed E-state index contributed by atoms with van der Waals surface area (Å²) >= 11 is 4.41. The Hall–Kier alpha value is -1.40. The normalized spacial score (nSPS) is 10.5. The summed E-state index contributed by atoms with van der Waals surface area (Å²) in [6.45, 7) is 0. The van der Waals surface area contributed by atoms with Gasteiger partial charge in [0, 0.05) is 25.9 Å². The molecule has 0 heterocycles. The molecule has 0 aliphatic carbocycles. The number of halogens is 3. The smallest absolute Gasteiger partial charge is 0.140 e. The highest BCUT2D eigenvalue weighted by molar-refractivity contribution is 9.10. The molecule has 0 spiro atoms. The van der Waals surface area contributed by atoms with Gasteiger partial charge in [-0.25, -0.2) is 8.78 Å². The second-order valence-corrected chi connectivity index (χ2v) is 5.73. The zero-order chi connectivity index (χ0) is 14.0. The molecule has 2 nitrogen and oxygen atoms in total. The van der Waals surface area contributed by atoms with Crippen LogP contribution < -0.4 is 5.73 Å². The van der Waals surface area contributed by atoms with Gasteiger partial charge in [0.15, 0.2) is 0 Å². The van der Waals surface area contributed by atoms with Gasteiger partial charge in [-0.2, -0.15) is 0 Å². The summed E-state index contributed by atoms with van der Waals surface area (Å²) < 4.78 is 27.3. The molecule has 2 aromatic rings. The van der Waals surface area contributed by atoms with Crippen LogP contribution in [-0.2, 0) is 0 Å². The molecule has 0 radical (unpaired) electrons. The van der Waals surface area contributed by atoms with Crippen LogP contribution in [0.4, 0.5) is 8.78 Å². The number of nitrogen functional groups attached to an aromatic ring is 1. The van der Waals surface area contributed by atoms with Crippen molar-refractivity contribution in [3.8, 4) is 0 Å². The lowest BCUT2D eigenvalue weighted by atomic mass is 10.2. The first kappa shape index (κ1) is 14.0. The lowest BCUT2D eigenvalue weighted by molar-refractivity contribution is 0.565. The van der Waals surface area contributed by atoms with Gasteiger partial charge in [0.25, 0.3) is 0 Å². The van der Waals surface area contributed by atoms with Gasteiger partial charge in [0.2, 0.25) is 0 Å². The fourth-order valence-electron chi connectivity index (χ4n) is 1.48. The van der Waals surface area contributed by atoms with E-state index in [1.54, 1.807) is 18.2 Å². The maximum Gasteiger partial charge on any atom is 0.140 e. The molecular formula is C13H9BrF2N2S. The molecule has 19 heavy (non-hydrogen) atoms. The maximum absolute atomic E-state index is 13.6. The van der Waals surface area contributed by atoms with Gasteiger partial charge in [-0.15, -0.1) is 0 Å². The van der Waals surface area contributed by atoms with Gasteiger partial charge in [0.1, 0.15) is 17.5 Å². The summed E-state index contributed by atoms with van der Waals surface area (Å²) in [6.07, 6.45) is 0. The minimum atomic E-state index is -0.639. The Labute approximate surface area is 121 Å². The predicted octanol–water partition coefficient (Wildman–Crippen LogP) is 4.16. The third kappa shape index (κ3) is 3.33. The molecule has 0 bridgehead atoms. The molecule has 0 unspecified atom stereocenters. The molecule has 6 heteroatoms. The van der Waals surface area contributed by atoms with E-state index in [-0.39, 0.29) is 10.7 Å². The summed E-state index contributed by atoms with van der Waals surface area (Å²) in [5, 5.41) is 7.50. The first-order valence-corrected chi connectivity index (χ1v) is 6.85. The van der Waals surface area contributed by atoms with Crippen LogP contribution in [0.15, 0.2) is 50.7 Å². The molecule has 0 saturated heterocycles. The van der Waals surface area contributed by atoms with Gasteiger partial charge in [-0.05, 0) is 30.3 Å². The van der Waals surface area contributed by atoms with Gasteiger partial charge in [-0.3, -0.25) is 5.41 Å². The van der Waals surface area contributed by atoms with Crippen LogP contribution in [-0.4, -0.2) is 5.84 Å². The van der Waals surface area contributed by atoms with Gasteiger partial charge < -0.3 is 5.73 Å². The predicted molar refractivity (Wildman–Crippen MR) is 75.6 cm³/mol. The lowest BCUT2D eigenvalue weighted by Crippen LogP contribution is -2.12. The lowest BCUT2D eigenvalue weighted by Gasteiger charge is -2.09. The van der Waals surface area contributed by atoms with Crippen molar-refractivity contribution in [2.75, 3.05) is 0 Å². The van der Waals surface area contributed by atoms with Crippen molar-refractivity contribution in [3.05, 3.63) is 58.1 Å². The van der Waals surface area contributed by atoms with Crippen LogP contribution >= 0.6 is 27.7 Å². The largest absolute Gasteiger partial charge is 0.384 e. The number of hydrogen-bond acceptors (Lipinski definition) is 2. The fourth-order valence-corrected chi connectivity index (χ4v) is 3.00. The van der Waals surface area contributed by atoms with Crippen molar-refractivity contribution in [3.63, 3.8) is 0 Å². The Balaban J connectivity index is 2.42. The Bertz CT molecular complexity index is 647. The molecule has 0 aromatic heterocycles. The van der Waals surface area contributed by atoms with Crippen molar-refractivity contribution in [1.29, 1.82) is 5.41 Å². The number of amidine groups is 1. The molecular weight excluding hydrogens is 334 g/mol. The molecule has 98 valence electrons. The van der Waals surface area contributed by atoms with Crippen LogP contribution in [0.25, 0.3) is 0 Å². The van der Waals surface area contributed by atoms with E-state index in [0.717, 1.165) is 22.3 Å². The molecule has 0 amide bonds. The number of nitrogens with one attached hydrogen (secondary N) is 1. The van der Waals surface area contributed by atoms with Crippen molar-refractivity contribution < 1.29 is 8.78 Å². The summed E-state index contributed by atoms with van der Waals surface area (Å²) in [5.41, 5.74) is 5.99. The Morgan fingerprint density at radius 1 is 1.11 bits per heavy atom. The third-order valence-electron chi connectivity index (χ3n) is 2.35. The van der Waals surface area contributed by atoms with Crippen molar-refractivity contribution in [2.45, 2.75) is 9.79 Å². The van der Waals surface area contributed by atoms with Crippen molar-refractivity contribution in [2.24, 2.45) is 5.73 Å². The molecule has 0 fully saturated rings. The van der Waals surface area contributed by atoms with Gasteiger partial charge in [-0.1, -0.05) is 27.7 Å². The monoisotopic (exact) mass is 342 g/mol. The first-order valence-electron chi connectivity index (χ1n) is 5.24. The minimum absolute atomic E-state index is 0.0995. The molecule has 2 aromatic carbocycles. The summed E-state index contributed by atoms with van der Waals surface area (Å²) in [4.78, 5) is 0.911. The highest BCUT2D eigenvalue weighted by Crippen LogP contribution is 2.34.